The lowest BCUT2D eigenvalue weighted by Crippen LogP contribution is -2.53. The lowest BCUT2D eigenvalue weighted by atomic mass is 9.95. The number of hydrogen-bond acceptors (Lipinski definition) is 13. The van der Waals surface area contributed by atoms with E-state index < -0.39 is 23.4 Å². The number of nitrogens with zero attached hydrogens (tertiary/aromatic N) is 9. The Hall–Kier alpha value is -6.20. The van der Waals surface area contributed by atoms with Crippen molar-refractivity contribution in [2.24, 2.45) is 5.92 Å². The molecule has 5 aromatic rings. The summed E-state index contributed by atoms with van der Waals surface area (Å²) < 4.78 is 18.5. The van der Waals surface area contributed by atoms with Gasteiger partial charge in [-0.05, 0) is 87.3 Å². The molecule has 1 aromatic carbocycles. The predicted octanol–water partition coefficient (Wildman–Crippen LogP) is 4.63. The number of carbonyl (C=O) groups excluding carboxylic acids is 2. The Morgan fingerprint density at radius 3 is 2.50 bits per heavy atom. The molecule has 324 valence electrons. The monoisotopic (exact) mass is 844 g/mol. The van der Waals surface area contributed by atoms with Crippen LogP contribution >= 0.6 is 0 Å². The van der Waals surface area contributed by atoms with E-state index in [2.05, 4.69) is 61.4 Å². The van der Waals surface area contributed by atoms with E-state index in [4.69, 9.17) is 9.97 Å². The van der Waals surface area contributed by atoms with Crippen molar-refractivity contribution in [1.82, 2.24) is 39.5 Å². The number of anilines is 5. The molecule has 62 heavy (non-hydrogen) atoms. The summed E-state index contributed by atoms with van der Waals surface area (Å²) in [6.45, 7) is 13.5. The average molecular weight is 845 g/mol. The Balaban J connectivity index is 0.799. The summed E-state index contributed by atoms with van der Waals surface area (Å²) in [5.41, 5.74) is 3.18. The molecule has 4 aromatic heterocycles. The molecule has 0 spiro atoms. The van der Waals surface area contributed by atoms with E-state index in [1.165, 1.54) is 6.07 Å². The number of piperazine rings is 1. The molecule has 2 amide bonds. The van der Waals surface area contributed by atoms with Gasteiger partial charge in [-0.15, -0.1) is 6.58 Å². The number of hydrogen-bond donors (Lipinski definition) is 4. The SMILES string of the molecule is C=CCn1c(=O)c2cnc(Nc3ccc(N4CCN(CC5CCN(c6ncc(NC7CCC(=O)NC7=O)cc6F)CC5)[C@@H](C)C4)cc3)nc2n1-c1ccc2c(n1)[C@@](O)(CC)CC2. The zero-order valence-electron chi connectivity index (χ0n) is 35.2. The Labute approximate surface area is 358 Å². The van der Waals surface area contributed by atoms with Crippen LogP contribution in [0, 0.1) is 11.7 Å². The van der Waals surface area contributed by atoms with Gasteiger partial charge in [-0.3, -0.25) is 24.6 Å². The number of halogens is 1. The molecule has 0 bridgehead atoms. The highest BCUT2D eigenvalue weighted by molar-refractivity contribution is 6.01. The van der Waals surface area contributed by atoms with Crippen LogP contribution in [0.1, 0.15) is 63.6 Å². The van der Waals surface area contributed by atoms with Crippen LogP contribution in [0.25, 0.3) is 16.9 Å². The first-order chi connectivity index (χ1) is 30.0. The second kappa shape index (κ2) is 16.9. The smallest absolute Gasteiger partial charge is 0.278 e. The standard InChI is InChI=1S/C45H53FN12O4/c1-4-18-57-43(61)34-25-48-44(53-40(34)58(57)37-12-6-30-14-17-45(62,5-2)39(30)51-37)50-31-7-9-33(10-8-31)56-22-21-55(28(3)26-56)27-29-15-19-54(20-16-29)41-35(46)23-32(24-47-41)49-36-11-13-38(59)52-42(36)60/h4,6-10,12,23-25,28-29,36,49,62H,1,5,11,13-22,26-27H2,2-3H3,(H,48,50,53)(H,52,59,60)/t28-,36?,45+/m0/s1. The number of aryl methyl sites for hydroxylation is 1. The number of allylic oxidation sites excluding steroid dienone is 1. The van der Waals surface area contributed by atoms with Crippen LogP contribution in [0.3, 0.4) is 0 Å². The van der Waals surface area contributed by atoms with Crippen LogP contribution in [-0.2, 0) is 28.2 Å². The molecule has 3 fully saturated rings. The molecular formula is C45H53FN12O4. The number of benzene rings is 1. The van der Waals surface area contributed by atoms with Gasteiger partial charge in [0.05, 0.1) is 24.1 Å². The number of carbonyl (C=O) groups is 2. The zero-order chi connectivity index (χ0) is 43.1. The number of nitrogens with one attached hydrogen (secondary N) is 3. The molecule has 0 radical (unpaired) electrons. The number of fused-ring (bicyclic) bond motifs is 2. The molecule has 3 atom stereocenters. The average Bonchev–Trinajstić information content (AvgIpc) is 3.75. The molecule has 9 rings (SSSR count). The van der Waals surface area contributed by atoms with Gasteiger partial charge in [-0.2, -0.15) is 4.98 Å². The van der Waals surface area contributed by atoms with E-state index in [-0.39, 0.29) is 24.4 Å². The van der Waals surface area contributed by atoms with Gasteiger partial charge in [0, 0.05) is 75.4 Å². The van der Waals surface area contributed by atoms with Gasteiger partial charge in [-0.25, -0.2) is 28.7 Å². The van der Waals surface area contributed by atoms with Crippen molar-refractivity contribution in [2.75, 3.05) is 59.7 Å². The van der Waals surface area contributed by atoms with Crippen molar-refractivity contribution in [3.8, 4) is 5.82 Å². The van der Waals surface area contributed by atoms with Gasteiger partial charge < -0.3 is 25.5 Å². The number of aromatic nitrogens is 6. The van der Waals surface area contributed by atoms with E-state index >= 15 is 4.39 Å². The van der Waals surface area contributed by atoms with Crippen molar-refractivity contribution in [3.05, 3.63) is 94.9 Å². The molecule has 16 nitrogen and oxygen atoms in total. The van der Waals surface area contributed by atoms with Crippen molar-refractivity contribution >= 4 is 51.7 Å². The Morgan fingerprint density at radius 1 is 0.968 bits per heavy atom. The van der Waals surface area contributed by atoms with Gasteiger partial charge in [0.15, 0.2) is 23.1 Å². The van der Waals surface area contributed by atoms with E-state index in [0.717, 1.165) is 75.5 Å². The quantitative estimate of drug-likeness (QED) is 0.101. The summed E-state index contributed by atoms with van der Waals surface area (Å²) in [6.07, 6.45) is 9.17. The van der Waals surface area contributed by atoms with Crippen LogP contribution in [0.5, 0.6) is 0 Å². The van der Waals surface area contributed by atoms with Crippen LogP contribution < -0.4 is 31.3 Å². The van der Waals surface area contributed by atoms with Gasteiger partial charge in [0.1, 0.15) is 17.0 Å². The first-order valence-electron chi connectivity index (χ1n) is 21.7. The third-order valence-electron chi connectivity index (χ3n) is 13.1. The summed E-state index contributed by atoms with van der Waals surface area (Å²) >= 11 is 0. The summed E-state index contributed by atoms with van der Waals surface area (Å²) in [5.74, 6) is 0.543. The van der Waals surface area contributed by atoms with Crippen molar-refractivity contribution < 1.29 is 19.1 Å². The maximum absolute atomic E-state index is 15.2. The van der Waals surface area contributed by atoms with Crippen molar-refractivity contribution in [3.63, 3.8) is 0 Å². The summed E-state index contributed by atoms with van der Waals surface area (Å²) in [6, 6.07) is 13.2. The second-order valence-electron chi connectivity index (χ2n) is 17.1. The van der Waals surface area contributed by atoms with Crippen molar-refractivity contribution in [2.45, 2.75) is 83.0 Å². The third-order valence-corrected chi connectivity index (χ3v) is 13.1. The predicted molar refractivity (Wildman–Crippen MR) is 236 cm³/mol. The second-order valence-corrected chi connectivity index (χ2v) is 17.1. The van der Waals surface area contributed by atoms with E-state index in [0.29, 0.717) is 71.2 Å². The van der Waals surface area contributed by atoms with E-state index in [9.17, 15) is 19.5 Å². The lowest BCUT2D eigenvalue weighted by Gasteiger charge is -2.43. The molecule has 7 heterocycles. The zero-order valence-corrected chi connectivity index (χ0v) is 35.2. The highest BCUT2D eigenvalue weighted by Crippen LogP contribution is 2.38. The van der Waals surface area contributed by atoms with E-state index in [1.54, 1.807) is 27.8 Å². The van der Waals surface area contributed by atoms with Crippen LogP contribution in [0.15, 0.2) is 72.3 Å². The number of piperidine rings is 2. The Kier molecular flexibility index (Phi) is 11.2. The number of rotatable bonds is 12. The normalized spacial score (nSPS) is 22.2. The van der Waals surface area contributed by atoms with Gasteiger partial charge in [0.25, 0.3) is 5.56 Å². The number of pyridine rings is 2. The first kappa shape index (κ1) is 41.2. The summed E-state index contributed by atoms with van der Waals surface area (Å²) in [4.78, 5) is 62.7. The molecule has 3 saturated heterocycles. The molecule has 0 saturated carbocycles. The number of aliphatic hydroxyl groups is 1. The fourth-order valence-electron chi connectivity index (χ4n) is 9.43. The number of amides is 2. The summed E-state index contributed by atoms with van der Waals surface area (Å²) in [5, 5.41) is 20.3. The lowest BCUT2D eigenvalue weighted by molar-refractivity contribution is -0.133. The Morgan fingerprint density at radius 2 is 1.77 bits per heavy atom. The molecule has 4 aliphatic rings. The van der Waals surface area contributed by atoms with Crippen molar-refractivity contribution in [1.29, 1.82) is 0 Å². The molecule has 1 aliphatic carbocycles. The topological polar surface area (TPSA) is 179 Å². The van der Waals surface area contributed by atoms with Crippen LogP contribution in [0.2, 0.25) is 0 Å². The maximum Gasteiger partial charge on any atom is 0.278 e. The Bertz CT molecular complexity index is 2570. The van der Waals surface area contributed by atoms with Gasteiger partial charge in [-0.1, -0.05) is 19.1 Å². The van der Waals surface area contributed by atoms with Crippen LogP contribution in [-0.4, -0.2) is 102 Å². The van der Waals surface area contributed by atoms with E-state index in [1.807, 2.05) is 36.1 Å². The van der Waals surface area contributed by atoms with Gasteiger partial charge >= 0.3 is 0 Å². The molecule has 4 N–H and O–H groups in total. The highest BCUT2D eigenvalue weighted by Gasteiger charge is 2.37. The molecule has 17 heteroatoms. The third kappa shape index (κ3) is 8.01. The minimum Gasteiger partial charge on any atom is -0.384 e. The number of imide groups is 1. The highest BCUT2D eigenvalue weighted by atomic mass is 19.1. The van der Waals surface area contributed by atoms with Crippen LogP contribution in [0.4, 0.5) is 33.2 Å². The van der Waals surface area contributed by atoms with Gasteiger partial charge in [0.2, 0.25) is 17.8 Å². The largest absolute Gasteiger partial charge is 0.384 e. The molecule has 1 unspecified atom stereocenters. The first-order valence-corrected chi connectivity index (χ1v) is 21.7. The minimum absolute atomic E-state index is 0.244. The summed E-state index contributed by atoms with van der Waals surface area (Å²) in [7, 11) is 0. The fourth-order valence-corrected chi connectivity index (χ4v) is 9.43. The molecule has 3 aliphatic heterocycles. The minimum atomic E-state index is -1.00. The molecular weight excluding hydrogens is 792 g/mol. The maximum atomic E-state index is 15.2. The fraction of sp³-hybridized carbons (Fsp3) is 0.444.